The number of likely N-dealkylation sites (N-methyl/N-ethyl adjacent to an activating group) is 2. The van der Waals surface area contributed by atoms with Gasteiger partial charge in [-0.1, -0.05) is 40.7 Å². The predicted octanol–water partition coefficient (Wildman–Crippen LogP) is 5.54. The molecule has 1 saturated heterocycles. The number of rotatable bonds is 26. The number of carbonyl (C=O) groups excluding carboxylic acids is 4. The van der Waals surface area contributed by atoms with Crippen LogP contribution in [0.4, 0.5) is 0 Å². The molecule has 3 aromatic heterocycles. The molecule has 4 aromatic rings. The van der Waals surface area contributed by atoms with E-state index in [1.165, 1.54) is 5.56 Å². The molecule has 1 amide bonds. The molecular formula is C49H76N8O8S2. The summed E-state index contributed by atoms with van der Waals surface area (Å²) in [6, 6.07) is 10.3. The van der Waals surface area contributed by atoms with Gasteiger partial charge in [0.1, 0.15) is 13.1 Å². The van der Waals surface area contributed by atoms with Gasteiger partial charge in [0.05, 0.1) is 60.1 Å². The van der Waals surface area contributed by atoms with Crippen LogP contribution in [0, 0.1) is 11.3 Å². The van der Waals surface area contributed by atoms with Crippen molar-refractivity contribution in [3.05, 3.63) is 58.2 Å². The van der Waals surface area contributed by atoms with Crippen LogP contribution in [0.2, 0.25) is 0 Å². The van der Waals surface area contributed by atoms with E-state index >= 15 is 0 Å². The van der Waals surface area contributed by atoms with E-state index in [0.29, 0.717) is 57.2 Å². The SMILES string of the molecule is C=O.CCS(=O)CC(COCCNC(C=O)C(C)C)NC.CCn1c(-c2cccnc2C(C)OC)c(CC(C)(C)COC=O)c2cc(-c3csc(CC(NC)C(=O)N4CCCCN4)n3)ccc21. The number of ether oxygens (including phenoxy) is 3. The van der Waals surface area contributed by atoms with Crippen molar-refractivity contribution in [2.24, 2.45) is 11.3 Å². The lowest BCUT2D eigenvalue weighted by Crippen LogP contribution is -2.54. The predicted molar refractivity (Wildman–Crippen MR) is 269 cm³/mol. The summed E-state index contributed by atoms with van der Waals surface area (Å²) in [6.45, 7) is 21.2. The fourth-order valence-corrected chi connectivity index (χ4v) is 9.65. The molecule has 0 saturated carbocycles. The van der Waals surface area contributed by atoms with Crippen LogP contribution in [0.15, 0.2) is 41.9 Å². The number of hydrogen-bond donors (Lipinski definition) is 4. The van der Waals surface area contributed by atoms with Crippen molar-refractivity contribution in [2.75, 3.05) is 72.2 Å². The highest BCUT2D eigenvalue weighted by Crippen LogP contribution is 2.41. The Bertz CT molecular complexity index is 2140. The van der Waals surface area contributed by atoms with Gasteiger partial charge in [-0.25, -0.2) is 10.4 Å². The Kier molecular flexibility index (Phi) is 25.2. The molecule has 1 fully saturated rings. The summed E-state index contributed by atoms with van der Waals surface area (Å²) in [7, 11) is 4.59. The molecule has 0 aliphatic carbocycles. The van der Waals surface area contributed by atoms with Crippen LogP contribution in [-0.2, 0) is 63.6 Å². The first kappa shape index (κ1) is 57.1. The maximum Gasteiger partial charge on any atom is 0.293 e. The van der Waals surface area contributed by atoms with E-state index in [-0.39, 0.29) is 41.5 Å². The molecule has 0 spiro atoms. The molecule has 67 heavy (non-hydrogen) atoms. The maximum atomic E-state index is 13.2. The van der Waals surface area contributed by atoms with Gasteiger partial charge in [0, 0.05) is 107 Å². The minimum atomic E-state index is -0.784. The van der Waals surface area contributed by atoms with Gasteiger partial charge in [-0.05, 0) is 83.0 Å². The standard InChI is InChI=1S/C35H46N6O4S.C13H28N2O3S.CH2O/c1-7-40-30-13-12-24(29-20-46-31(39-29)18-28(36-5)34(43)41-16-9-8-15-38-41)17-26(30)27(19-35(3,4)21-45-22-42)33(40)25-11-10-14-37-32(25)23(2)44-6;1-5-19(17)10-12(14-4)9-18-7-6-15-13(8-16)11(2)3;1-2/h10-14,17,20,22-23,28,36,38H,7-9,15-16,18-19,21H2,1-6H3;8,11-15H,5-7,9-10H2,1-4H3;1H2. The second kappa shape index (κ2) is 29.6. The third-order valence-electron chi connectivity index (χ3n) is 11.7. The number of methoxy groups -OCH3 is 1. The number of hydrogen-bond acceptors (Lipinski definition) is 15. The minimum Gasteiger partial charge on any atom is -0.467 e. The first-order chi connectivity index (χ1) is 32.2. The summed E-state index contributed by atoms with van der Waals surface area (Å²) in [5.74, 6) is 1.63. The Morgan fingerprint density at radius 1 is 1.10 bits per heavy atom. The van der Waals surface area contributed by atoms with Crippen LogP contribution in [0.25, 0.3) is 33.4 Å². The summed E-state index contributed by atoms with van der Waals surface area (Å²) in [5.41, 5.74) is 10.1. The number of fused-ring (bicyclic) bond motifs is 1. The smallest absolute Gasteiger partial charge is 0.293 e. The fraction of sp³-hybridized carbons (Fsp3) is 0.592. The molecule has 5 unspecified atom stereocenters. The fourth-order valence-electron chi connectivity index (χ4n) is 7.85. The highest BCUT2D eigenvalue weighted by atomic mass is 32.2. The summed E-state index contributed by atoms with van der Waals surface area (Å²) < 4.78 is 30.3. The number of aryl methyl sites for hydroxylation is 1. The number of benzene rings is 1. The van der Waals surface area contributed by atoms with E-state index in [9.17, 15) is 18.6 Å². The lowest BCUT2D eigenvalue weighted by Gasteiger charge is -2.30. The Morgan fingerprint density at radius 3 is 2.48 bits per heavy atom. The van der Waals surface area contributed by atoms with Crippen LogP contribution in [0.1, 0.15) is 83.7 Å². The molecule has 16 nitrogen and oxygen atoms in total. The van der Waals surface area contributed by atoms with Crippen molar-refractivity contribution in [3.8, 4) is 22.5 Å². The monoisotopic (exact) mass is 969 g/mol. The Labute approximate surface area is 404 Å². The number of pyridine rings is 1. The number of amides is 1. The summed E-state index contributed by atoms with van der Waals surface area (Å²) in [4.78, 5) is 52.8. The number of aromatic nitrogens is 3. The third-order valence-corrected chi connectivity index (χ3v) is 14.0. The molecule has 4 heterocycles. The number of nitrogens with one attached hydrogen (secondary N) is 4. The van der Waals surface area contributed by atoms with E-state index in [0.717, 1.165) is 82.9 Å². The number of carbonyl (C=O) groups is 4. The van der Waals surface area contributed by atoms with Gasteiger partial charge in [-0.15, -0.1) is 11.3 Å². The van der Waals surface area contributed by atoms with Crippen LogP contribution in [-0.4, -0.2) is 139 Å². The molecule has 5 rings (SSSR count). The summed E-state index contributed by atoms with van der Waals surface area (Å²) >= 11 is 1.58. The average Bonchev–Trinajstić information content (AvgIpc) is 3.95. The minimum absolute atomic E-state index is 0.0529. The zero-order valence-electron chi connectivity index (χ0n) is 41.4. The van der Waals surface area contributed by atoms with Gasteiger partial charge in [-0.3, -0.25) is 23.8 Å². The van der Waals surface area contributed by atoms with Gasteiger partial charge in [0.2, 0.25) is 0 Å². The lowest BCUT2D eigenvalue weighted by atomic mass is 9.84. The highest BCUT2D eigenvalue weighted by Gasteiger charge is 2.29. The van der Waals surface area contributed by atoms with Crippen molar-refractivity contribution in [3.63, 3.8) is 0 Å². The number of thiazole rings is 1. The number of hydrazine groups is 1. The van der Waals surface area contributed by atoms with Gasteiger partial charge >= 0.3 is 0 Å². The van der Waals surface area contributed by atoms with E-state index in [1.54, 1.807) is 23.5 Å². The topological polar surface area (TPSA) is 195 Å². The van der Waals surface area contributed by atoms with Crippen LogP contribution < -0.4 is 21.4 Å². The zero-order chi connectivity index (χ0) is 49.5. The summed E-state index contributed by atoms with van der Waals surface area (Å²) in [6.07, 6.45) is 5.84. The van der Waals surface area contributed by atoms with Gasteiger partial charge < -0.3 is 44.3 Å². The number of nitrogens with zero attached hydrogens (tertiary/aromatic N) is 4. The first-order valence-electron chi connectivity index (χ1n) is 23.2. The van der Waals surface area contributed by atoms with Crippen LogP contribution in [0.5, 0.6) is 0 Å². The highest BCUT2D eigenvalue weighted by molar-refractivity contribution is 7.85. The van der Waals surface area contributed by atoms with E-state index < -0.39 is 10.8 Å². The quantitative estimate of drug-likeness (QED) is 0.0453. The molecule has 1 aliphatic heterocycles. The molecule has 5 atom stereocenters. The van der Waals surface area contributed by atoms with Crippen molar-refractivity contribution >= 4 is 58.5 Å². The molecule has 4 N–H and O–H groups in total. The van der Waals surface area contributed by atoms with E-state index in [4.69, 9.17) is 29.0 Å². The number of aldehydes is 1. The van der Waals surface area contributed by atoms with Gasteiger partial charge in [-0.2, -0.15) is 0 Å². The van der Waals surface area contributed by atoms with Crippen LogP contribution >= 0.6 is 11.3 Å². The average molecular weight is 969 g/mol. The molecule has 18 heteroatoms. The van der Waals surface area contributed by atoms with Crippen molar-refractivity contribution in [1.29, 1.82) is 0 Å². The Hall–Kier alpha value is -4.27. The van der Waals surface area contributed by atoms with Crippen molar-refractivity contribution < 1.29 is 37.6 Å². The van der Waals surface area contributed by atoms with E-state index in [1.807, 2.05) is 60.8 Å². The van der Waals surface area contributed by atoms with Crippen LogP contribution in [0.3, 0.4) is 0 Å². The molecule has 0 radical (unpaired) electrons. The van der Waals surface area contributed by atoms with Gasteiger partial charge in [0.15, 0.2) is 0 Å². The lowest BCUT2D eigenvalue weighted by molar-refractivity contribution is -0.137. The largest absolute Gasteiger partial charge is 0.467 e. The summed E-state index contributed by atoms with van der Waals surface area (Å²) in [5, 5.41) is 15.3. The molecule has 1 aromatic carbocycles. The second-order valence-corrected chi connectivity index (χ2v) is 20.2. The van der Waals surface area contributed by atoms with Gasteiger partial charge in [0.25, 0.3) is 12.4 Å². The van der Waals surface area contributed by atoms with Crippen molar-refractivity contribution in [1.82, 2.24) is 40.9 Å². The normalized spacial score (nSPS) is 15.1. The van der Waals surface area contributed by atoms with Crippen molar-refractivity contribution in [2.45, 2.75) is 105 Å². The first-order valence-corrected chi connectivity index (χ1v) is 25.6. The Morgan fingerprint density at radius 2 is 1.87 bits per heavy atom. The van der Waals surface area contributed by atoms with E-state index in [2.05, 4.69) is 76.4 Å². The second-order valence-electron chi connectivity index (χ2n) is 17.5. The zero-order valence-corrected chi connectivity index (χ0v) is 43.0. The maximum absolute atomic E-state index is 13.2. The molecular weight excluding hydrogens is 893 g/mol. The Balaban J connectivity index is 0.000000478. The molecule has 372 valence electrons. The third kappa shape index (κ3) is 16.7. The molecule has 0 bridgehead atoms. The molecule has 1 aliphatic rings.